The molecule has 0 aliphatic rings. The van der Waals surface area contributed by atoms with Crippen molar-refractivity contribution in [3.8, 4) is 5.75 Å². The van der Waals surface area contributed by atoms with E-state index in [1.807, 2.05) is 20.0 Å². The first kappa shape index (κ1) is 15.2. The zero-order valence-electron chi connectivity index (χ0n) is 11.7. The normalized spacial score (nSPS) is 13.0. The molecule has 0 radical (unpaired) electrons. The summed E-state index contributed by atoms with van der Waals surface area (Å²) in [7, 11) is 1.85. The van der Waals surface area contributed by atoms with Gasteiger partial charge in [0.05, 0.1) is 11.7 Å². The van der Waals surface area contributed by atoms with Gasteiger partial charge in [-0.05, 0) is 37.3 Å². The van der Waals surface area contributed by atoms with Crippen molar-refractivity contribution in [1.82, 2.24) is 9.78 Å². The summed E-state index contributed by atoms with van der Waals surface area (Å²) in [6.45, 7) is 0.691. The zero-order valence-corrected chi connectivity index (χ0v) is 11.7. The minimum atomic E-state index is -4.33. The lowest BCUT2D eigenvalue weighted by atomic mass is 10.2. The summed E-state index contributed by atoms with van der Waals surface area (Å²) in [4.78, 5) is 0. The van der Waals surface area contributed by atoms with Crippen molar-refractivity contribution < 1.29 is 17.9 Å². The number of ether oxygens (including phenoxy) is 1. The molecule has 1 unspecified atom stereocenters. The summed E-state index contributed by atoms with van der Waals surface area (Å²) in [5.74, 6) is 0.186. The monoisotopic (exact) mass is 299 g/mol. The average Bonchev–Trinajstić information content (AvgIpc) is 2.83. The van der Waals surface area contributed by atoms with Gasteiger partial charge in [-0.15, -0.1) is 0 Å². The van der Waals surface area contributed by atoms with Gasteiger partial charge in [0.1, 0.15) is 5.75 Å². The predicted octanol–water partition coefficient (Wildman–Crippen LogP) is 3.53. The van der Waals surface area contributed by atoms with Gasteiger partial charge in [0.25, 0.3) is 0 Å². The largest absolute Gasteiger partial charge is 0.484 e. The maximum absolute atomic E-state index is 12.0. The third kappa shape index (κ3) is 4.40. The second-order valence-electron chi connectivity index (χ2n) is 4.67. The molecule has 1 aromatic carbocycles. The van der Waals surface area contributed by atoms with Gasteiger partial charge in [-0.2, -0.15) is 18.3 Å². The van der Waals surface area contributed by atoms with Crippen LogP contribution >= 0.6 is 0 Å². The van der Waals surface area contributed by atoms with Gasteiger partial charge >= 0.3 is 6.18 Å². The van der Waals surface area contributed by atoms with E-state index in [0.717, 1.165) is 11.4 Å². The SMILES string of the molecule is CC(Nc1ccc(OCC(F)(F)F)cc1)c1ccnn1C. The van der Waals surface area contributed by atoms with Gasteiger partial charge < -0.3 is 10.1 Å². The van der Waals surface area contributed by atoms with Gasteiger partial charge in [-0.25, -0.2) is 0 Å². The molecule has 1 heterocycles. The Morgan fingerprint density at radius 3 is 2.43 bits per heavy atom. The molecule has 1 N–H and O–H groups in total. The van der Waals surface area contributed by atoms with Gasteiger partial charge in [-0.3, -0.25) is 4.68 Å². The van der Waals surface area contributed by atoms with Crippen LogP contribution in [0.5, 0.6) is 5.75 Å². The maximum Gasteiger partial charge on any atom is 0.422 e. The van der Waals surface area contributed by atoms with Crippen molar-refractivity contribution in [1.29, 1.82) is 0 Å². The van der Waals surface area contributed by atoms with E-state index in [-0.39, 0.29) is 11.8 Å². The highest BCUT2D eigenvalue weighted by Gasteiger charge is 2.28. The number of aryl methyl sites for hydroxylation is 1. The van der Waals surface area contributed by atoms with Crippen molar-refractivity contribution in [2.45, 2.75) is 19.1 Å². The van der Waals surface area contributed by atoms with E-state index in [4.69, 9.17) is 0 Å². The van der Waals surface area contributed by atoms with Crippen molar-refractivity contribution >= 4 is 5.69 Å². The van der Waals surface area contributed by atoms with Crippen molar-refractivity contribution in [3.63, 3.8) is 0 Å². The van der Waals surface area contributed by atoms with Crippen molar-refractivity contribution in [2.24, 2.45) is 7.05 Å². The molecule has 0 saturated carbocycles. The van der Waals surface area contributed by atoms with E-state index >= 15 is 0 Å². The highest BCUT2D eigenvalue weighted by molar-refractivity contribution is 5.47. The van der Waals surface area contributed by atoms with E-state index in [9.17, 15) is 13.2 Å². The Labute approximate surface area is 120 Å². The molecule has 0 amide bonds. The number of hydrogen-bond donors (Lipinski definition) is 1. The van der Waals surface area contributed by atoms with Gasteiger partial charge in [0.15, 0.2) is 6.61 Å². The molecule has 0 bridgehead atoms. The summed E-state index contributed by atoms with van der Waals surface area (Å²) in [5.41, 5.74) is 1.80. The van der Waals surface area contributed by atoms with Crippen LogP contribution in [0.2, 0.25) is 0 Å². The van der Waals surface area contributed by atoms with Crippen molar-refractivity contribution in [2.75, 3.05) is 11.9 Å². The lowest BCUT2D eigenvalue weighted by Crippen LogP contribution is -2.19. The molecule has 7 heteroatoms. The maximum atomic E-state index is 12.0. The van der Waals surface area contributed by atoms with Gasteiger partial charge in [0.2, 0.25) is 0 Å². The number of nitrogens with zero attached hydrogens (tertiary/aromatic N) is 2. The number of rotatable bonds is 5. The third-order valence-corrected chi connectivity index (χ3v) is 2.94. The van der Waals surface area contributed by atoms with Crippen LogP contribution < -0.4 is 10.1 Å². The first-order valence-electron chi connectivity index (χ1n) is 6.39. The molecule has 4 nitrogen and oxygen atoms in total. The number of alkyl halides is 3. The Balaban J connectivity index is 1.95. The Bertz CT molecular complexity index is 578. The molecule has 2 rings (SSSR count). The van der Waals surface area contributed by atoms with E-state index in [1.54, 1.807) is 23.0 Å². The van der Waals surface area contributed by atoms with Crippen LogP contribution in [0, 0.1) is 0 Å². The number of halogens is 3. The first-order chi connectivity index (χ1) is 9.85. The summed E-state index contributed by atoms with van der Waals surface area (Å²) in [6.07, 6.45) is -2.62. The number of anilines is 1. The van der Waals surface area contributed by atoms with E-state index in [1.165, 1.54) is 12.1 Å². The lowest BCUT2D eigenvalue weighted by Gasteiger charge is -2.16. The summed E-state index contributed by atoms with van der Waals surface area (Å²) >= 11 is 0. The summed E-state index contributed by atoms with van der Waals surface area (Å²) in [5, 5.41) is 7.34. The predicted molar refractivity (Wildman–Crippen MR) is 73.2 cm³/mol. The molecule has 2 aromatic rings. The van der Waals surface area contributed by atoms with Gasteiger partial charge in [0, 0.05) is 18.9 Å². The summed E-state index contributed by atoms with van der Waals surface area (Å²) in [6, 6.07) is 8.29. The highest BCUT2D eigenvalue weighted by atomic mass is 19.4. The molecule has 0 aliphatic carbocycles. The number of hydrogen-bond acceptors (Lipinski definition) is 3. The van der Waals surface area contributed by atoms with Gasteiger partial charge in [-0.1, -0.05) is 0 Å². The number of aromatic nitrogens is 2. The van der Waals surface area contributed by atoms with E-state index in [0.29, 0.717) is 0 Å². The van der Waals surface area contributed by atoms with Crippen LogP contribution in [0.3, 0.4) is 0 Å². The topological polar surface area (TPSA) is 39.1 Å². The number of benzene rings is 1. The molecule has 0 saturated heterocycles. The van der Waals surface area contributed by atoms with Crippen LogP contribution in [-0.2, 0) is 7.05 Å². The fourth-order valence-corrected chi connectivity index (χ4v) is 1.95. The van der Waals surface area contributed by atoms with Crippen LogP contribution in [0.25, 0.3) is 0 Å². The standard InChI is InChI=1S/C14H16F3N3O/c1-10(13-7-8-18-20(13)2)19-11-3-5-12(6-4-11)21-9-14(15,16)17/h3-8,10,19H,9H2,1-2H3. The van der Waals surface area contributed by atoms with Crippen LogP contribution in [0.1, 0.15) is 18.7 Å². The Morgan fingerprint density at radius 1 is 1.24 bits per heavy atom. The van der Waals surface area contributed by atoms with E-state index < -0.39 is 12.8 Å². The third-order valence-electron chi connectivity index (χ3n) is 2.94. The Morgan fingerprint density at radius 2 is 1.90 bits per heavy atom. The molecule has 21 heavy (non-hydrogen) atoms. The fourth-order valence-electron chi connectivity index (χ4n) is 1.95. The van der Waals surface area contributed by atoms with Crippen molar-refractivity contribution in [3.05, 3.63) is 42.2 Å². The lowest BCUT2D eigenvalue weighted by molar-refractivity contribution is -0.153. The molecule has 1 atom stereocenters. The fraction of sp³-hybridized carbons (Fsp3) is 0.357. The molecule has 114 valence electrons. The minimum absolute atomic E-state index is 0.0273. The Hall–Kier alpha value is -2.18. The average molecular weight is 299 g/mol. The second-order valence-corrected chi connectivity index (χ2v) is 4.67. The van der Waals surface area contributed by atoms with Crippen LogP contribution in [0.15, 0.2) is 36.5 Å². The quantitative estimate of drug-likeness (QED) is 0.918. The Kier molecular flexibility index (Phi) is 4.40. The molecule has 0 fully saturated rings. The molecular formula is C14H16F3N3O. The molecule has 1 aromatic heterocycles. The highest BCUT2D eigenvalue weighted by Crippen LogP contribution is 2.23. The smallest absolute Gasteiger partial charge is 0.422 e. The first-order valence-corrected chi connectivity index (χ1v) is 6.39. The summed E-state index contributed by atoms with van der Waals surface area (Å²) < 4.78 is 42.5. The zero-order chi connectivity index (χ0) is 15.5. The van der Waals surface area contributed by atoms with Crippen LogP contribution in [0.4, 0.5) is 18.9 Å². The van der Waals surface area contributed by atoms with Crippen LogP contribution in [-0.4, -0.2) is 22.6 Å². The minimum Gasteiger partial charge on any atom is -0.484 e. The van der Waals surface area contributed by atoms with E-state index in [2.05, 4.69) is 15.2 Å². The molecular weight excluding hydrogens is 283 g/mol. The molecule has 0 aliphatic heterocycles. The second kappa shape index (κ2) is 6.07. The number of nitrogens with one attached hydrogen (secondary N) is 1. The molecule has 0 spiro atoms.